The van der Waals surface area contributed by atoms with Crippen LogP contribution in [0.25, 0.3) is 0 Å². The van der Waals surface area contributed by atoms with Crippen molar-refractivity contribution >= 4 is 27.3 Å². The topological polar surface area (TPSA) is 55.2 Å². The Bertz CT molecular complexity index is 438. The molecule has 1 aromatic carbocycles. The molecule has 0 fully saturated rings. The van der Waals surface area contributed by atoms with E-state index >= 15 is 0 Å². The lowest BCUT2D eigenvalue weighted by molar-refractivity contribution is -0.384. The van der Waals surface area contributed by atoms with Gasteiger partial charge in [-0.25, -0.2) is 0 Å². The van der Waals surface area contributed by atoms with Gasteiger partial charge < -0.3 is 5.32 Å². The molecular weight excluding hydrogens is 272 g/mol. The lowest BCUT2D eigenvalue weighted by Crippen LogP contribution is -2.15. The van der Waals surface area contributed by atoms with Gasteiger partial charge in [0.2, 0.25) is 0 Å². The lowest BCUT2D eigenvalue weighted by Gasteiger charge is -2.13. The fourth-order valence-electron chi connectivity index (χ4n) is 1.73. The maximum absolute atomic E-state index is 10.9. The van der Waals surface area contributed by atoms with E-state index in [9.17, 15) is 10.1 Å². The van der Waals surface area contributed by atoms with Crippen molar-refractivity contribution in [2.75, 3.05) is 5.32 Å². The van der Waals surface area contributed by atoms with Crippen LogP contribution in [0.1, 0.15) is 12.8 Å². The molecule has 0 bridgehead atoms. The number of nitro benzene ring substituents is 1. The van der Waals surface area contributed by atoms with Gasteiger partial charge in [0.1, 0.15) is 5.69 Å². The highest BCUT2D eigenvalue weighted by Crippen LogP contribution is 2.29. The van der Waals surface area contributed by atoms with Gasteiger partial charge in [0.05, 0.1) is 4.92 Å². The molecule has 2 rings (SSSR count). The SMILES string of the molecule is O=[N+]([O-])c1cc(Br)ccc1NC1CC=CC1. The fraction of sp³-hybridized carbons (Fsp3) is 0.273. The predicted octanol–water partition coefficient (Wildman–Crippen LogP) is 3.49. The van der Waals surface area contributed by atoms with Gasteiger partial charge in [0.15, 0.2) is 0 Å². The monoisotopic (exact) mass is 282 g/mol. The van der Waals surface area contributed by atoms with Gasteiger partial charge >= 0.3 is 0 Å². The third-order valence-electron chi connectivity index (χ3n) is 2.52. The zero-order valence-electron chi connectivity index (χ0n) is 8.52. The van der Waals surface area contributed by atoms with Crippen LogP contribution in [0.5, 0.6) is 0 Å². The highest BCUT2D eigenvalue weighted by atomic mass is 79.9. The minimum Gasteiger partial charge on any atom is -0.376 e. The van der Waals surface area contributed by atoms with Gasteiger partial charge in [-0.05, 0) is 25.0 Å². The summed E-state index contributed by atoms with van der Waals surface area (Å²) in [6.07, 6.45) is 6.02. The first-order valence-electron chi connectivity index (χ1n) is 5.02. The van der Waals surface area contributed by atoms with Crippen LogP contribution < -0.4 is 5.32 Å². The van der Waals surface area contributed by atoms with E-state index in [0.29, 0.717) is 10.2 Å². The van der Waals surface area contributed by atoms with Crippen molar-refractivity contribution in [2.45, 2.75) is 18.9 Å². The summed E-state index contributed by atoms with van der Waals surface area (Å²) < 4.78 is 0.717. The largest absolute Gasteiger partial charge is 0.376 e. The molecule has 0 radical (unpaired) electrons. The smallest absolute Gasteiger partial charge is 0.293 e. The summed E-state index contributed by atoms with van der Waals surface area (Å²) in [6, 6.07) is 5.34. The second-order valence-electron chi connectivity index (χ2n) is 3.70. The Balaban J connectivity index is 2.22. The quantitative estimate of drug-likeness (QED) is 0.525. The predicted molar refractivity (Wildman–Crippen MR) is 66.6 cm³/mol. The molecule has 1 N–H and O–H groups in total. The Kier molecular flexibility index (Phi) is 3.24. The molecule has 16 heavy (non-hydrogen) atoms. The molecule has 1 aromatic rings. The minimum atomic E-state index is -0.366. The number of nitro groups is 1. The molecule has 0 saturated carbocycles. The van der Waals surface area contributed by atoms with Gasteiger partial charge in [-0.1, -0.05) is 28.1 Å². The third-order valence-corrected chi connectivity index (χ3v) is 3.02. The Morgan fingerprint density at radius 3 is 2.69 bits per heavy atom. The molecule has 0 aromatic heterocycles. The number of nitrogens with one attached hydrogen (secondary N) is 1. The first-order chi connectivity index (χ1) is 7.66. The van der Waals surface area contributed by atoms with Crippen LogP contribution in [0.2, 0.25) is 0 Å². The second kappa shape index (κ2) is 4.65. The van der Waals surface area contributed by atoms with Crippen LogP contribution in [-0.4, -0.2) is 11.0 Å². The summed E-state index contributed by atoms with van der Waals surface area (Å²) in [5, 5.41) is 14.1. The molecule has 84 valence electrons. The number of rotatable bonds is 3. The second-order valence-corrected chi connectivity index (χ2v) is 4.62. The average molecular weight is 283 g/mol. The molecule has 0 spiro atoms. The van der Waals surface area contributed by atoms with Crippen LogP contribution in [0, 0.1) is 10.1 Å². The summed E-state index contributed by atoms with van der Waals surface area (Å²) in [6.45, 7) is 0. The summed E-state index contributed by atoms with van der Waals surface area (Å²) in [7, 11) is 0. The summed E-state index contributed by atoms with van der Waals surface area (Å²) in [5.41, 5.74) is 0.697. The van der Waals surface area contributed by atoms with E-state index in [2.05, 4.69) is 33.4 Å². The minimum absolute atomic E-state index is 0.112. The van der Waals surface area contributed by atoms with Gasteiger partial charge in [0.25, 0.3) is 5.69 Å². The lowest BCUT2D eigenvalue weighted by atomic mass is 10.2. The maximum atomic E-state index is 10.9. The number of hydrogen-bond acceptors (Lipinski definition) is 3. The van der Waals surface area contributed by atoms with Crippen molar-refractivity contribution in [1.82, 2.24) is 0 Å². The van der Waals surface area contributed by atoms with E-state index in [1.165, 1.54) is 6.07 Å². The standard InChI is InChI=1S/C11H11BrN2O2/c12-8-5-6-10(11(7-8)14(15)16)13-9-3-1-2-4-9/h1-2,5-7,9,13H,3-4H2. The van der Waals surface area contributed by atoms with E-state index < -0.39 is 0 Å². The Hall–Kier alpha value is -1.36. The molecule has 0 unspecified atom stereocenters. The van der Waals surface area contributed by atoms with Gasteiger partial charge in [-0.3, -0.25) is 10.1 Å². The number of hydrogen-bond donors (Lipinski definition) is 1. The zero-order valence-corrected chi connectivity index (χ0v) is 10.1. The summed E-state index contributed by atoms with van der Waals surface area (Å²) in [5.74, 6) is 0. The maximum Gasteiger partial charge on any atom is 0.293 e. The summed E-state index contributed by atoms with van der Waals surface area (Å²) >= 11 is 3.23. The first-order valence-corrected chi connectivity index (χ1v) is 5.81. The van der Waals surface area contributed by atoms with Crippen molar-refractivity contribution in [3.05, 3.63) is 44.9 Å². The Morgan fingerprint density at radius 2 is 2.06 bits per heavy atom. The molecular formula is C11H11BrN2O2. The number of benzene rings is 1. The van der Waals surface area contributed by atoms with Crippen LogP contribution in [0.4, 0.5) is 11.4 Å². The van der Waals surface area contributed by atoms with Crippen molar-refractivity contribution in [1.29, 1.82) is 0 Å². The Labute approximate surface area is 102 Å². The molecule has 4 nitrogen and oxygen atoms in total. The van der Waals surface area contributed by atoms with Crippen LogP contribution in [0.15, 0.2) is 34.8 Å². The third kappa shape index (κ3) is 2.41. The molecule has 0 aliphatic heterocycles. The highest BCUT2D eigenvalue weighted by Gasteiger charge is 2.17. The van der Waals surface area contributed by atoms with Crippen LogP contribution in [-0.2, 0) is 0 Å². The Morgan fingerprint density at radius 1 is 1.38 bits per heavy atom. The van der Waals surface area contributed by atoms with E-state index in [1.54, 1.807) is 12.1 Å². The molecule has 0 saturated heterocycles. The summed E-state index contributed by atoms with van der Waals surface area (Å²) in [4.78, 5) is 10.5. The van der Waals surface area contributed by atoms with Crippen molar-refractivity contribution in [3.8, 4) is 0 Å². The van der Waals surface area contributed by atoms with Gasteiger partial charge in [-0.15, -0.1) is 0 Å². The number of nitrogens with zero attached hydrogens (tertiary/aromatic N) is 1. The molecule has 0 amide bonds. The van der Waals surface area contributed by atoms with Gasteiger partial charge in [0, 0.05) is 16.6 Å². The fourth-order valence-corrected chi connectivity index (χ4v) is 2.08. The normalized spacial score (nSPS) is 15.3. The molecule has 1 aliphatic rings. The van der Waals surface area contributed by atoms with Crippen molar-refractivity contribution in [3.63, 3.8) is 0 Å². The van der Waals surface area contributed by atoms with Crippen LogP contribution >= 0.6 is 15.9 Å². The zero-order chi connectivity index (χ0) is 11.5. The van der Waals surface area contributed by atoms with E-state index in [4.69, 9.17) is 0 Å². The van der Waals surface area contributed by atoms with Crippen LogP contribution in [0.3, 0.4) is 0 Å². The highest BCUT2D eigenvalue weighted by molar-refractivity contribution is 9.10. The molecule has 1 aliphatic carbocycles. The molecule has 5 heteroatoms. The van der Waals surface area contributed by atoms with E-state index in [1.807, 2.05) is 0 Å². The average Bonchev–Trinajstić information content (AvgIpc) is 2.73. The van der Waals surface area contributed by atoms with Crippen molar-refractivity contribution in [2.24, 2.45) is 0 Å². The van der Waals surface area contributed by atoms with Crippen molar-refractivity contribution < 1.29 is 4.92 Å². The van der Waals surface area contributed by atoms with Gasteiger partial charge in [-0.2, -0.15) is 0 Å². The number of anilines is 1. The van der Waals surface area contributed by atoms with E-state index in [0.717, 1.165) is 12.8 Å². The number of halogens is 1. The first kappa shape index (κ1) is 11.1. The molecule has 0 atom stereocenters. The van der Waals surface area contributed by atoms with E-state index in [-0.39, 0.29) is 16.7 Å². The molecule has 0 heterocycles.